The van der Waals surface area contributed by atoms with Gasteiger partial charge < -0.3 is 0 Å². The molecule has 4 nitrogen and oxygen atoms in total. The van der Waals surface area contributed by atoms with Crippen LogP contribution in [0.1, 0.15) is 40.5 Å². The van der Waals surface area contributed by atoms with E-state index < -0.39 is 0 Å². The second-order valence-electron chi connectivity index (χ2n) is 6.29. The highest BCUT2D eigenvalue weighted by molar-refractivity contribution is 9.15. The number of hydrogen-bond donors (Lipinski definition) is 0. The van der Waals surface area contributed by atoms with Crippen molar-refractivity contribution in [2.24, 2.45) is 0 Å². The first-order valence-corrected chi connectivity index (χ1v) is 13.6. The second kappa shape index (κ2) is 8.70. The van der Waals surface area contributed by atoms with Crippen molar-refractivity contribution in [3.05, 3.63) is 47.2 Å². The number of amides is 2. The van der Waals surface area contributed by atoms with Gasteiger partial charge in [-0.05, 0) is 88.3 Å². The summed E-state index contributed by atoms with van der Waals surface area (Å²) < 4.78 is 4.43. The van der Waals surface area contributed by atoms with Crippen LogP contribution in [-0.2, 0) is 0 Å². The van der Waals surface area contributed by atoms with Gasteiger partial charge in [0.25, 0.3) is 11.8 Å². The first kappa shape index (κ1) is 22.0. The number of benzene rings is 2. The zero-order chi connectivity index (χ0) is 20.9. The van der Waals surface area contributed by atoms with Crippen LogP contribution in [0.2, 0.25) is 0 Å². The Morgan fingerprint density at radius 2 is 1.62 bits per heavy atom. The summed E-state index contributed by atoms with van der Waals surface area (Å²) in [7, 11) is 0. The number of rotatable bonds is 5. The van der Waals surface area contributed by atoms with Crippen LogP contribution in [0.5, 0.6) is 0 Å². The normalized spacial score (nSPS) is 13.6. The number of carbonyl (C=O) groups excluding carboxylic acids is 2. The Labute approximate surface area is 209 Å². The predicted octanol–water partition coefficient (Wildman–Crippen LogP) is 8.04. The molecule has 1 aliphatic rings. The standard InChI is InChI=1S/C19H12Br4N2O2S2/c1-2-3-6-28-19-24-9-5-4-8(7-10(9)29-19)25-17(26)11-12(18(25)27)14(21)16(23)15(22)13(11)20/h4-5,7H,2-3,6H2,1H3. The molecule has 2 heterocycles. The lowest BCUT2D eigenvalue weighted by atomic mass is 10.1. The van der Waals surface area contributed by atoms with Gasteiger partial charge in [-0.2, -0.15) is 0 Å². The van der Waals surface area contributed by atoms with E-state index in [1.54, 1.807) is 29.2 Å². The maximum absolute atomic E-state index is 13.2. The van der Waals surface area contributed by atoms with Crippen LogP contribution in [0.15, 0.2) is 40.4 Å². The number of fused-ring (bicyclic) bond motifs is 2. The Hall–Kier alpha value is -0.260. The van der Waals surface area contributed by atoms with Crippen molar-refractivity contribution >= 4 is 115 Å². The molecule has 10 heteroatoms. The molecule has 0 atom stereocenters. The molecule has 0 bridgehead atoms. The number of thiazole rings is 1. The lowest BCUT2D eigenvalue weighted by Crippen LogP contribution is -2.29. The molecule has 0 fully saturated rings. The SMILES string of the molecule is CCCCSc1nc2ccc(N3C(=O)c4c(Br)c(Br)c(Br)c(Br)c4C3=O)cc2s1. The summed E-state index contributed by atoms with van der Waals surface area (Å²) in [5, 5.41) is 0. The van der Waals surface area contributed by atoms with Crippen LogP contribution < -0.4 is 4.90 Å². The molecule has 0 spiro atoms. The van der Waals surface area contributed by atoms with E-state index >= 15 is 0 Å². The average Bonchev–Trinajstić information content (AvgIpc) is 3.22. The number of carbonyl (C=O) groups is 2. The number of thioether (sulfide) groups is 1. The van der Waals surface area contributed by atoms with E-state index in [1.807, 2.05) is 12.1 Å². The van der Waals surface area contributed by atoms with E-state index in [0.717, 1.165) is 33.2 Å². The molecule has 3 aromatic rings. The van der Waals surface area contributed by atoms with Crippen LogP contribution in [0.4, 0.5) is 5.69 Å². The number of aromatic nitrogens is 1. The minimum atomic E-state index is -0.354. The number of hydrogen-bond acceptors (Lipinski definition) is 5. The van der Waals surface area contributed by atoms with Crippen molar-refractivity contribution in [1.82, 2.24) is 4.98 Å². The van der Waals surface area contributed by atoms with Gasteiger partial charge in [0.05, 0.1) is 27.0 Å². The van der Waals surface area contributed by atoms with E-state index in [9.17, 15) is 9.59 Å². The topological polar surface area (TPSA) is 50.3 Å². The minimum absolute atomic E-state index is 0.345. The quantitative estimate of drug-likeness (QED) is 0.0899. The molecule has 2 aromatic carbocycles. The molecule has 0 radical (unpaired) electrons. The molecular formula is C19H12Br4N2O2S2. The molecule has 0 N–H and O–H groups in total. The number of anilines is 1. The number of unbranched alkanes of at least 4 members (excludes halogenated alkanes) is 1. The zero-order valence-electron chi connectivity index (χ0n) is 14.9. The molecule has 0 saturated heterocycles. The van der Waals surface area contributed by atoms with Gasteiger partial charge in [0.15, 0.2) is 4.34 Å². The number of imide groups is 1. The fourth-order valence-corrected chi connectivity index (χ4v) is 7.69. The average molecular weight is 684 g/mol. The summed E-state index contributed by atoms with van der Waals surface area (Å²) in [6, 6.07) is 5.51. The third kappa shape index (κ3) is 3.78. The van der Waals surface area contributed by atoms with Crippen LogP contribution in [0.25, 0.3) is 10.2 Å². The Kier molecular flexibility index (Phi) is 6.59. The van der Waals surface area contributed by atoms with Gasteiger partial charge in [-0.3, -0.25) is 9.59 Å². The minimum Gasteiger partial charge on any atom is -0.268 e. The summed E-state index contributed by atoms with van der Waals surface area (Å²) in [4.78, 5) is 32.2. The van der Waals surface area contributed by atoms with Crippen molar-refractivity contribution in [3.8, 4) is 0 Å². The molecule has 0 unspecified atom stereocenters. The first-order valence-electron chi connectivity index (χ1n) is 8.63. The molecule has 29 heavy (non-hydrogen) atoms. The monoisotopic (exact) mass is 680 g/mol. The number of halogens is 4. The highest BCUT2D eigenvalue weighted by Crippen LogP contribution is 2.46. The Bertz CT molecular complexity index is 1130. The fourth-order valence-electron chi connectivity index (χ4n) is 2.98. The van der Waals surface area contributed by atoms with E-state index in [-0.39, 0.29) is 11.8 Å². The third-order valence-electron chi connectivity index (χ3n) is 4.44. The molecule has 4 rings (SSSR count). The molecule has 150 valence electrons. The molecule has 1 aliphatic heterocycles. The molecule has 0 aliphatic carbocycles. The lowest BCUT2D eigenvalue weighted by Gasteiger charge is -2.13. The maximum atomic E-state index is 13.2. The van der Waals surface area contributed by atoms with Gasteiger partial charge in [-0.15, -0.1) is 11.3 Å². The fraction of sp³-hybridized carbons (Fsp3) is 0.211. The summed E-state index contributed by atoms with van der Waals surface area (Å²) in [6.45, 7) is 2.17. The zero-order valence-corrected chi connectivity index (χ0v) is 22.9. The Morgan fingerprint density at radius 1 is 1.00 bits per heavy atom. The van der Waals surface area contributed by atoms with Gasteiger partial charge in [0, 0.05) is 23.6 Å². The van der Waals surface area contributed by atoms with Crippen LogP contribution in [-0.4, -0.2) is 22.6 Å². The molecule has 1 aromatic heterocycles. The smallest absolute Gasteiger partial charge is 0.267 e. The summed E-state index contributed by atoms with van der Waals surface area (Å²) in [5.74, 6) is 0.326. The van der Waals surface area contributed by atoms with Gasteiger partial charge in [-0.1, -0.05) is 25.1 Å². The van der Waals surface area contributed by atoms with Crippen LogP contribution in [0.3, 0.4) is 0 Å². The van der Waals surface area contributed by atoms with Crippen LogP contribution in [0, 0.1) is 0 Å². The highest BCUT2D eigenvalue weighted by Gasteiger charge is 2.42. The van der Waals surface area contributed by atoms with Crippen molar-refractivity contribution in [1.29, 1.82) is 0 Å². The third-order valence-corrected chi connectivity index (χ3v) is 11.5. The van der Waals surface area contributed by atoms with E-state index in [4.69, 9.17) is 0 Å². The second-order valence-corrected chi connectivity index (χ2v) is 11.8. The number of nitrogens with zero attached hydrogens (tertiary/aromatic N) is 2. The van der Waals surface area contributed by atoms with Gasteiger partial charge in [-0.25, -0.2) is 9.88 Å². The van der Waals surface area contributed by atoms with Gasteiger partial charge >= 0.3 is 0 Å². The predicted molar refractivity (Wildman–Crippen MR) is 134 cm³/mol. The van der Waals surface area contributed by atoms with E-state index in [2.05, 4.69) is 75.6 Å². The van der Waals surface area contributed by atoms with E-state index in [0.29, 0.717) is 34.7 Å². The van der Waals surface area contributed by atoms with Crippen LogP contribution >= 0.6 is 86.8 Å². The summed E-state index contributed by atoms with van der Waals surface area (Å²) in [5.41, 5.74) is 2.11. The molecule has 0 saturated carbocycles. The summed E-state index contributed by atoms with van der Waals surface area (Å²) >= 11 is 17.1. The first-order chi connectivity index (χ1) is 13.8. The van der Waals surface area contributed by atoms with Gasteiger partial charge in [0.1, 0.15) is 0 Å². The Morgan fingerprint density at radius 3 is 2.21 bits per heavy atom. The maximum Gasteiger partial charge on any atom is 0.267 e. The summed E-state index contributed by atoms with van der Waals surface area (Å²) in [6.07, 6.45) is 2.30. The van der Waals surface area contributed by atoms with Crippen molar-refractivity contribution in [2.45, 2.75) is 24.1 Å². The van der Waals surface area contributed by atoms with E-state index in [1.165, 1.54) is 4.90 Å². The Balaban J connectivity index is 1.74. The van der Waals surface area contributed by atoms with Gasteiger partial charge in [0.2, 0.25) is 0 Å². The molecule has 2 amide bonds. The molecular weight excluding hydrogens is 672 g/mol. The van der Waals surface area contributed by atoms with Crippen molar-refractivity contribution < 1.29 is 9.59 Å². The van der Waals surface area contributed by atoms with Crippen molar-refractivity contribution in [3.63, 3.8) is 0 Å². The van der Waals surface area contributed by atoms with Crippen molar-refractivity contribution in [2.75, 3.05) is 10.7 Å². The largest absolute Gasteiger partial charge is 0.268 e. The highest BCUT2D eigenvalue weighted by atomic mass is 79.9. The lowest BCUT2D eigenvalue weighted by molar-refractivity contribution is 0.0926.